The molecule has 2 aromatic heterocycles. The summed E-state index contributed by atoms with van der Waals surface area (Å²) in [6, 6.07) is 10.8. The van der Waals surface area contributed by atoms with Crippen molar-refractivity contribution in [3.63, 3.8) is 0 Å². The number of aromatic nitrogens is 3. The first-order valence-corrected chi connectivity index (χ1v) is 8.33. The molecule has 1 amide bonds. The number of para-hydroxylation sites is 2. The SMILES string of the molecule is Cc1nc(C(=O)NCc2nc3ccccc3n2C(C)C)ccc1C(=O)O. The number of carbonyl (C=O) groups excluding carboxylic acids is 1. The molecule has 0 atom stereocenters. The van der Waals surface area contributed by atoms with E-state index in [0.29, 0.717) is 5.69 Å². The number of carbonyl (C=O) groups is 2. The van der Waals surface area contributed by atoms with Gasteiger partial charge in [0.1, 0.15) is 11.5 Å². The Bertz CT molecular complexity index is 992. The number of carboxylic acids is 1. The molecule has 0 bridgehead atoms. The van der Waals surface area contributed by atoms with E-state index in [2.05, 4.69) is 33.7 Å². The summed E-state index contributed by atoms with van der Waals surface area (Å²) >= 11 is 0. The van der Waals surface area contributed by atoms with Gasteiger partial charge in [0.25, 0.3) is 5.91 Å². The highest BCUT2D eigenvalue weighted by molar-refractivity contribution is 5.94. The van der Waals surface area contributed by atoms with Crippen molar-refractivity contribution in [2.75, 3.05) is 0 Å². The number of aryl methyl sites for hydroxylation is 1. The Morgan fingerprint density at radius 2 is 1.88 bits per heavy atom. The Morgan fingerprint density at radius 1 is 1.15 bits per heavy atom. The van der Waals surface area contributed by atoms with Crippen LogP contribution in [0.2, 0.25) is 0 Å². The quantitative estimate of drug-likeness (QED) is 0.736. The molecule has 0 saturated heterocycles. The number of carboxylic acid groups (broad SMARTS) is 1. The summed E-state index contributed by atoms with van der Waals surface area (Å²) in [6.07, 6.45) is 0. The van der Waals surface area contributed by atoms with Crippen LogP contribution in [-0.4, -0.2) is 31.5 Å². The normalized spacial score (nSPS) is 11.1. The van der Waals surface area contributed by atoms with E-state index in [9.17, 15) is 9.59 Å². The lowest BCUT2D eigenvalue weighted by molar-refractivity contribution is 0.0694. The zero-order valence-electron chi connectivity index (χ0n) is 14.9. The first-order valence-electron chi connectivity index (χ1n) is 8.33. The van der Waals surface area contributed by atoms with Crippen molar-refractivity contribution in [1.82, 2.24) is 19.9 Å². The predicted molar refractivity (Wildman–Crippen MR) is 97.2 cm³/mol. The van der Waals surface area contributed by atoms with E-state index in [1.165, 1.54) is 12.1 Å². The van der Waals surface area contributed by atoms with Crippen molar-refractivity contribution in [2.24, 2.45) is 0 Å². The van der Waals surface area contributed by atoms with Crippen LogP contribution in [0, 0.1) is 6.92 Å². The molecule has 2 heterocycles. The summed E-state index contributed by atoms with van der Waals surface area (Å²) in [5.74, 6) is -0.673. The Balaban J connectivity index is 1.82. The van der Waals surface area contributed by atoms with Crippen LogP contribution >= 0.6 is 0 Å². The molecule has 26 heavy (non-hydrogen) atoms. The second-order valence-electron chi connectivity index (χ2n) is 6.30. The van der Waals surface area contributed by atoms with Crippen LogP contribution in [0.4, 0.5) is 0 Å². The van der Waals surface area contributed by atoms with E-state index in [1.54, 1.807) is 6.92 Å². The number of amides is 1. The minimum absolute atomic E-state index is 0.0863. The number of nitrogens with zero attached hydrogens (tertiary/aromatic N) is 3. The molecule has 2 N–H and O–H groups in total. The average molecular weight is 352 g/mol. The highest BCUT2D eigenvalue weighted by Gasteiger charge is 2.16. The lowest BCUT2D eigenvalue weighted by Crippen LogP contribution is -2.26. The van der Waals surface area contributed by atoms with Crippen molar-refractivity contribution in [2.45, 2.75) is 33.4 Å². The summed E-state index contributed by atoms with van der Waals surface area (Å²) in [7, 11) is 0. The molecule has 0 radical (unpaired) electrons. The highest BCUT2D eigenvalue weighted by Crippen LogP contribution is 2.20. The van der Waals surface area contributed by atoms with Crippen molar-refractivity contribution < 1.29 is 14.7 Å². The lowest BCUT2D eigenvalue weighted by atomic mass is 10.2. The lowest BCUT2D eigenvalue weighted by Gasteiger charge is -2.13. The zero-order chi connectivity index (χ0) is 18.8. The summed E-state index contributed by atoms with van der Waals surface area (Å²) in [4.78, 5) is 32.1. The third kappa shape index (κ3) is 3.28. The monoisotopic (exact) mass is 352 g/mol. The van der Waals surface area contributed by atoms with E-state index >= 15 is 0 Å². The van der Waals surface area contributed by atoms with Crippen molar-refractivity contribution in [1.29, 1.82) is 0 Å². The van der Waals surface area contributed by atoms with E-state index < -0.39 is 5.97 Å². The van der Waals surface area contributed by atoms with Crippen molar-refractivity contribution in [3.8, 4) is 0 Å². The minimum atomic E-state index is -1.06. The maximum Gasteiger partial charge on any atom is 0.337 e. The van der Waals surface area contributed by atoms with Gasteiger partial charge in [-0.15, -0.1) is 0 Å². The molecule has 134 valence electrons. The van der Waals surface area contributed by atoms with E-state index in [-0.39, 0.29) is 29.8 Å². The van der Waals surface area contributed by atoms with Gasteiger partial charge >= 0.3 is 5.97 Å². The number of pyridine rings is 1. The Hall–Kier alpha value is -3.22. The van der Waals surface area contributed by atoms with Crippen LogP contribution in [0.25, 0.3) is 11.0 Å². The second-order valence-corrected chi connectivity index (χ2v) is 6.30. The van der Waals surface area contributed by atoms with Gasteiger partial charge in [0.2, 0.25) is 0 Å². The van der Waals surface area contributed by atoms with Gasteiger partial charge in [0, 0.05) is 6.04 Å². The molecule has 7 heteroatoms. The molecule has 0 unspecified atom stereocenters. The smallest absolute Gasteiger partial charge is 0.337 e. The van der Waals surface area contributed by atoms with Crippen LogP contribution in [0.15, 0.2) is 36.4 Å². The van der Waals surface area contributed by atoms with E-state index in [4.69, 9.17) is 5.11 Å². The molecule has 1 aromatic carbocycles. The van der Waals surface area contributed by atoms with Gasteiger partial charge in [-0.25, -0.2) is 14.8 Å². The van der Waals surface area contributed by atoms with Crippen LogP contribution in [-0.2, 0) is 6.54 Å². The molecule has 0 spiro atoms. The zero-order valence-corrected chi connectivity index (χ0v) is 14.9. The molecule has 3 aromatic rings. The maximum absolute atomic E-state index is 12.4. The fourth-order valence-electron chi connectivity index (χ4n) is 2.96. The number of rotatable bonds is 5. The maximum atomic E-state index is 12.4. The fraction of sp³-hybridized carbons (Fsp3) is 0.263. The van der Waals surface area contributed by atoms with Crippen molar-refractivity contribution >= 4 is 22.9 Å². The predicted octanol–water partition coefficient (Wildman–Crippen LogP) is 2.95. The molecule has 0 aliphatic rings. The first-order chi connectivity index (χ1) is 12.4. The van der Waals surface area contributed by atoms with E-state index in [0.717, 1.165) is 16.9 Å². The third-order valence-corrected chi connectivity index (χ3v) is 4.14. The molecule has 0 aliphatic carbocycles. The third-order valence-electron chi connectivity index (χ3n) is 4.14. The molecule has 3 rings (SSSR count). The molecular weight excluding hydrogens is 332 g/mol. The molecular formula is C19H20N4O3. The van der Waals surface area contributed by atoms with Crippen LogP contribution in [0.5, 0.6) is 0 Å². The highest BCUT2D eigenvalue weighted by atomic mass is 16.4. The number of aromatic carboxylic acids is 1. The summed E-state index contributed by atoms with van der Waals surface area (Å²) in [5.41, 5.74) is 2.47. The molecule has 0 saturated carbocycles. The number of benzene rings is 1. The standard InChI is InChI=1S/C19H20N4O3/c1-11(2)23-16-7-5-4-6-14(16)22-17(23)10-20-18(24)15-9-8-13(19(25)26)12(3)21-15/h4-9,11H,10H2,1-3H3,(H,20,24)(H,25,26). The van der Waals surface area contributed by atoms with Gasteiger partial charge in [-0.3, -0.25) is 4.79 Å². The topological polar surface area (TPSA) is 97.1 Å². The Morgan fingerprint density at radius 3 is 2.54 bits per heavy atom. The van der Waals surface area contributed by atoms with E-state index in [1.807, 2.05) is 24.3 Å². The van der Waals surface area contributed by atoms with Gasteiger partial charge in [-0.1, -0.05) is 12.1 Å². The molecule has 0 fully saturated rings. The average Bonchev–Trinajstić information content (AvgIpc) is 2.97. The fourth-order valence-corrected chi connectivity index (χ4v) is 2.96. The number of fused-ring (bicyclic) bond motifs is 1. The number of nitrogens with one attached hydrogen (secondary N) is 1. The Labute approximate surface area is 150 Å². The second kappa shape index (κ2) is 6.95. The summed E-state index contributed by atoms with van der Waals surface area (Å²) < 4.78 is 2.09. The molecule has 7 nitrogen and oxygen atoms in total. The minimum Gasteiger partial charge on any atom is -0.478 e. The van der Waals surface area contributed by atoms with Gasteiger partial charge in [-0.05, 0) is 45.0 Å². The van der Waals surface area contributed by atoms with Gasteiger partial charge in [0.15, 0.2) is 0 Å². The van der Waals surface area contributed by atoms with Gasteiger partial charge in [0.05, 0.1) is 28.8 Å². The number of hydrogen-bond acceptors (Lipinski definition) is 4. The van der Waals surface area contributed by atoms with Gasteiger partial charge < -0.3 is 15.0 Å². The summed E-state index contributed by atoms with van der Waals surface area (Å²) in [5, 5.41) is 11.9. The van der Waals surface area contributed by atoms with Crippen LogP contribution < -0.4 is 5.32 Å². The Kier molecular flexibility index (Phi) is 4.71. The number of hydrogen-bond donors (Lipinski definition) is 2. The molecule has 0 aliphatic heterocycles. The van der Waals surface area contributed by atoms with Crippen molar-refractivity contribution in [3.05, 3.63) is 59.2 Å². The first kappa shape index (κ1) is 17.6. The van der Waals surface area contributed by atoms with Crippen LogP contribution in [0.3, 0.4) is 0 Å². The number of imidazole rings is 1. The van der Waals surface area contributed by atoms with Gasteiger partial charge in [-0.2, -0.15) is 0 Å². The van der Waals surface area contributed by atoms with Crippen LogP contribution in [0.1, 0.15) is 52.3 Å². The largest absolute Gasteiger partial charge is 0.478 e. The summed E-state index contributed by atoms with van der Waals surface area (Å²) in [6.45, 7) is 5.95.